The number of nitrogens with zero attached hydrogens (tertiary/aromatic N) is 3. The van der Waals surface area contributed by atoms with Gasteiger partial charge in [-0.1, -0.05) is 29.8 Å². The standard InChI is InChI=1S/C22H23N5O2S/c1-15-5-2-6-16(13-15)21-24-25-22(30)27(21)12-10-19(28)23-17-7-3-8-18(14-17)26-11-4-9-20(26)29/h2-3,5-8,13-14H,4,9-12H2,1H3,(H,23,28)(H,25,30). The Morgan fingerprint density at radius 2 is 2.07 bits per heavy atom. The van der Waals surface area contributed by atoms with Crippen molar-refractivity contribution < 1.29 is 9.59 Å². The van der Waals surface area contributed by atoms with Crippen LogP contribution in [0.2, 0.25) is 0 Å². The van der Waals surface area contributed by atoms with Crippen LogP contribution < -0.4 is 10.2 Å². The van der Waals surface area contributed by atoms with Gasteiger partial charge in [0.25, 0.3) is 0 Å². The van der Waals surface area contributed by atoms with Crippen LogP contribution in [0.4, 0.5) is 11.4 Å². The summed E-state index contributed by atoms with van der Waals surface area (Å²) in [4.78, 5) is 26.3. The smallest absolute Gasteiger partial charge is 0.227 e. The van der Waals surface area contributed by atoms with Crippen molar-refractivity contribution in [2.75, 3.05) is 16.8 Å². The molecule has 4 rings (SSSR count). The van der Waals surface area contributed by atoms with Gasteiger partial charge >= 0.3 is 0 Å². The second-order valence-electron chi connectivity index (χ2n) is 7.37. The highest BCUT2D eigenvalue weighted by molar-refractivity contribution is 7.71. The van der Waals surface area contributed by atoms with Crippen molar-refractivity contribution in [1.82, 2.24) is 14.8 Å². The molecule has 0 atom stereocenters. The summed E-state index contributed by atoms with van der Waals surface area (Å²) in [6.45, 7) is 3.15. The van der Waals surface area contributed by atoms with Crippen LogP contribution in [0, 0.1) is 11.7 Å². The van der Waals surface area contributed by atoms with Gasteiger partial charge in [0, 0.05) is 42.9 Å². The van der Waals surface area contributed by atoms with E-state index in [0.29, 0.717) is 29.2 Å². The van der Waals surface area contributed by atoms with Crippen LogP contribution in [0.1, 0.15) is 24.8 Å². The first kappa shape index (κ1) is 20.0. The molecule has 0 spiro atoms. The molecule has 2 aromatic carbocycles. The van der Waals surface area contributed by atoms with E-state index in [1.807, 2.05) is 60.0 Å². The predicted molar refractivity (Wildman–Crippen MR) is 119 cm³/mol. The minimum Gasteiger partial charge on any atom is -0.326 e. The number of H-pyrrole nitrogens is 1. The summed E-state index contributed by atoms with van der Waals surface area (Å²) in [7, 11) is 0. The number of benzene rings is 2. The third kappa shape index (κ3) is 4.33. The van der Waals surface area contributed by atoms with E-state index in [2.05, 4.69) is 15.5 Å². The Labute approximate surface area is 179 Å². The van der Waals surface area contributed by atoms with E-state index in [-0.39, 0.29) is 18.2 Å². The van der Waals surface area contributed by atoms with E-state index >= 15 is 0 Å². The van der Waals surface area contributed by atoms with Crippen molar-refractivity contribution in [2.24, 2.45) is 0 Å². The average molecular weight is 422 g/mol. The van der Waals surface area contributed by atoms with E-state index in [1.54, 1.807) is 4.90 Å². The summed E-state index contributed by atoms with van der Waals surface area (Å²) in [5, 5.41) is 10.1. The van der Waals surface area contributed by atoms with Gasteiger partial charge in [0.05, 0.1) is 0 Å². The van der Waals surface area contributed by atoms with Gasteiger partial charge in [-0.25, -0.2) is 0 Å². The molecule has 1 fully saturated rings. The maximum absolute atomic E-state index is 12.5. The molecule has 7 nitrogen and oxygen atoms in total. The highest BCUT2D eigenvalue weighted by atomic mass is 32.1. The zero-order valence-corrected chi connectivity index (χ0v) is 17.5. The maximum atomic E-state index is 12.5. The Kier molecular flexibility index (Phi) is 5.76. The lowest BCUT2D eigenvalue weighted by Gasteiger charge is -2.16. The van der Waals surface area contributed by atoms with Crippen LogP contribution in [-0.4, -0.2) is 33.1 Å². The molecule has 2 N–H and O–H groups in total. The van der Waals surface area contributed by atoms with E-state index in [0.717, 1.165) is 29.8 Å². The van der Waals surface area contributed by atoms with Crippen molar-refractivity contribution in [3.05, 3.63) is 58.9 Å². The molecule has 0 radical (unpaired) electrons. The van der Waals surface area contributed by atoms with Crippen LogP contribution in [0.5, 0.6) is 0 Å². The molecule has 1 aromatic heterocycles. The van der Waals surface area contributed by atoms with Gasteiger partial charge in [0.15, 0.2) is 10.6 Å². The number of aryl methyl sites for hydroxylation is 1. The largest absolute Gasteiger partial charge is 0.326 e. The van der Waals surface area contributed by atoms with Crippen molar-refractivity contribution in [1.29, 1.82) is 0 Å². The van der Waals surface area contributed by atoms with E-state index in [4.69, 9.17) is 12.2 Å². The Hall–Kier alpha value is -3.26. The summed E-state index contributed by atoms with van der Waals surface area (Å²) >= 11 is 5.35. The molecule has 154 valence electrons. The first-order valence-corrected chi connectivity index (χ1v) is 10.3. The first-order chi connectivity index (χ1) is 14.5. The Morgan fingerprint density at radius 1 is 1.23 bits per heavy atom. The van der Waals surface area contributed by atoms with Gasteiger partial charge in [-0.15, -0.1) is 0 Å². The number of aromatic nitrogens is 3. The number of carbonyl (C=O) groups is 2. The van der Waals surface area contributed by atoms with E-state index < -0.39 is 0 Å². The zero-order valence-electron chi connectivity index (χ0n) is 16.7. The van der Waals surface area contributed by atoms with E-state index in [1.165, 1.54) is 0 Å². The van der Waals surface area contributed by atoms with Crippen LogP contribution in [-0.2, 0) is 16.1 Å². The lowest BCUT2D eigenvalue weighted by molar-refractivity contribution is -0.117. The molecule has 1 aliphatic rings. The molecule has 0 saturated carbocycles. The number of hydrogen-bond acceptors (Lipinski definition) is 4. The van der Waals surface area contributed by atoms with Crippen LogP contribution in [0.25, 0.3) is 11.4 Å². The molecule has 1 saturated heterocycles. The molecular weight excluding hydrogens is 398 g/mol. The number of nitrogens with one attached hydrogen (secondary N) is 2. The lowest BCUT2D eigenvalue weighted by Crippen LogP contribution is -2.23. The fourth-order valence-electron chi connectivity index (χ4n) is 3.64. The number of rotatable bonds is 6. The SMILES string of the molecule is Cc1cccc(-c2n[nH]c(=S)n2CCC(=O)Nc2cccc(N3CCCC3=O)c2)c1. The Morgan fingerprint density at radius 3 is 2.83 bits per heavy atom. The van der Waals surface area contributed by atoms with Gasteiger partial charge in [-0.05, 0) is 49.8 Å². The molecule has 8 heteroatoms. The van der Waals surface area contributed by atoms with Crippen LogP contribution in [0.3, 0.4) is 0 Å². The normalized spacial score (nSPS) is 13.6. The molecule has 0 bridgehead atoms. The molecule has 1 aliphatic heterocycles. The average Bonchev–Trinajstić information content (AvgIpc) is 3.32. The minimum atomic E-state index is -0.127. The molecule has 2 heterocycles. The number of amides is 2. The second kappa shape index (κ2) is 8.62. The monoisotopic (exact) mass is 421 g/mol. The summed E-state index contributed by atoms with van der Waals surface area (Å²) in [6, 6.07) is 15.4. The number of anilines is 2. The lowest BCUT2D eigenvalue weighted by atomic mass is 10.1. The van der Waals surface area contributed by atoms with Gasteiger partial charge < -0.3 is 10.2 Å². The fourth-order valence-corrected chi connectivity index (χ4v) is 3.86. The Bertz CT molecular complexity index is 1150. The van der Waals surface area contributed by atoms with Gasteiger partial charge in [-0.3, -0.25) is 19.3 Å². The van der Waals surface area contributed by atoms with E-state index in [9.17, 15) is 9.59 Å². The topological polar surface area (TPSA) is 83.0 Å². The molecule has 0 unspecified atom stereocenters. The predicted octanol–water partition coefficient (Wildman–Crippen LogP) is 4.07. The van der Waals surface area contributed by atoms with Gasteiger partial charge in [0.1, 0.15) is 0 Å². The van der Waals surface area contributed by atoms with Crippen molar-refractivity contribution in [2.45, 2.75) is 32.7 Å². The second-order valence-corrected chi connectivity index (χ2v) is 7.76. The first-order valence-electron chi connectivity index (χ1n) is 9.94. The van der Waals surface area contributed by atoms with Crippen LogP contribution >= 0.6 is 12.2 Å². The molecule has 0 aliphatic carbocycles. The zero-order chi connectivity index (χ0) is 21.1. The summed E-state index contributed by atoms with van der Waals surface area (Å²) in [5.41, 5.74) is 3.56. The summed E-state index contributed by atoms with van der Waals surface area (Å²) < 4.78 is 2.32. The third-order valence-corrected chi connectivity index (χ3v) is 5.42. The van der Waals surface area contributed by atoms with Crippen molar-refractivity contribution in [3.8, 4) is 11.4 Å². The van der Waals surface area contributed by atoms with Gasteiger partial charge in [0.2, 0.25) is 11.8 Å². The molecule has 3 aromatic rings. The summed E-state index contributed by atoms with van der Waals surface area (Å²) in [5.74, 6) is 0.709. The van der Waals surface area contributed by atoms with Crippen molar-refractivity contribution in [3.63, 3.8) is 0 Å². The minimum absolute atomic E-state index is 0.122. The van der Waals surface area contributed by atoms with Crippen molar-refractivity contribution >= 4 is 35.4 Å². The fraction of sp³-hybridized carbons (Fsp3) is 0.273. The number of carbonyl (C=O) groups excluding carboxylic acids is 2. The molecule has 2 amide bonds. The quantitative estimate of drug-likeness (QED) is 0.588. The maximum Gasteiger partial charge on any atom is 0.227 e. The Balaban J connectivity index is 1.43. The van der Waals surface area contributed by atoms with Gasteiger partial charge in [-0.2, -0.15) is 5.10 Å². The number of hydrogen-bond donors (Lipinski definition) is 2. The molecule has 30 heavy (non-hydrogen) atoms. The summed E-state index contributed by atoms with van der Waals surface area (Å²) in [6.07, 6.45) is 1.69. The van der Waals surface area contributed by atoms with Crippen LogP contribution in [0.15, 0.2) is 48.5 Å². The number of aromatic amines is 1. The third-order valence-electron chi connectivity index (χ3n) is 5.11. The highest BCUT2D eigenvalue weighted by Crippen LogP contribution is 2.24. The molecular formula is C22H23N5O2S. The highest BCUT2D eigenvalue weighted by Gasteiger charge is 2.21.